The van der Waals surface area contributed by atoms with Crippen molar-refractivity contribution in [3.05, 3.63) is 35.1 Å². The molecule has 4 atom stereocenters. The Morgan fingerprint density at radius 1 is 1.12 bits per heavy atom. The zero-order chi connectivity index (χ0) is 29.7. The second-order valence-corrected chi connectivity index (χ2v) is 13.3. The monoisotopic (exact) mass is 585 g/mol. The average Bonchev–Trinajstić information content (AvgIpc) is 3.41. The Labute approximate surface area is 246 Å². The van der Waals surface area contributed by atoms with Gasteiger partial charge in [0.05, 0.1) is 37.2 Å². The number of aliphatic hydroxyl groups is 2. The third-order valence-electron chi connectivity index (χ3n) is 9.57. The quantitative estimate of drug-likeness (QED) is 0.374. The summed E-state index contributed by atoms with van der Waals surface area (Å²) in [5.74, 6) is 0.435. The van der Waals surface area contributed by atoms with Crippen LogP contribution in [0.3, 0.4) is 0 Å². The molecule has 2 aliphatic carbocycles. The minimum atomic E-state index is -2.11. The highest BCUT2D eigenvalue weighted by Crippen LogP contribution is 2.55. The summed E-state index contributed by atoms with van der Waals surface area (Å²) in [6.45, 7) is 5.55. The Balaban J connectivity index is 1.31. The fraction of sp³-hybridized carbons (Fsp3) is 0.688. The van der Waals surface area contributed by atoms with Gasteiger partial charge in [0.15, 0.2) is 23.2 Å². The maximum absolute atomic E-state index is 14.0. The van der Waals surface area contributed by atoms with E-state index in [2.05, 4.69) is 11.0 Å². The van der Waals surface area contributed by atoms with Gasteiger partial charge in [0.1, 0.15) is 5.76 Å². The number of esters is 2. The Morgan fingerprint density at radius 3 is 2.60 bits per heavy atom. The molecule has 0 bridgehead atoms. The molecule has 6 rings (SSSR count). The third-order valence-corrected chi connectivity index (χ3v) is 9.57. The molecule has 5 aliphatic rings. The molecule has 3 heterocycles. The molecule has 1 aromatic carbocycles. The van der Waals surface area contributed by atoms with Crippen molar-refractivity contribution < 1.29 is 43.5 Å². The first kappa shape index (κ1) is 29.3. The minimum absolute atomic E-state index is 0.0513. The molecule has 1 aromatic rings. The van der Waals surface area contributed by atoms with Crippen LogP contribution in [0.4, 0.5) is 0 Å². The van der Waals surface area contributed by atoms with Gasteiger partial charge in [-0.2, -0.15) is 0 Å². The van der Waals surface area contributed by atoms with E-state index in [9.17, 15) is 19.8 Å². The molecule has 2 fully saturated rings. The summed E-state index contributed by atoms with van der Waals surface area (Å²) in [5, 5.41) is 22.0. The van der Waals surface area contributed by atoms with Crippen LogP contribution >= 0.6 is 0 Å². The van der Waals surface area contributed by atoms with Gasteiger partial charge in [-0.15, -0.1) is 0 Å². The maximum atomic E-state index is 14.0. The lowest BCUT2D eigenvalue weighted by molar-refractivity contribution is -0.179. The number of nitrogens with zero attached hydrogens (tertiary/aromatic N) is 1. The number of fused-ring (bicyclic) bond motifs is 3. The molecule has 0 amide bonds. The SMILES string of the molecule is COC1=C[C@@]23CCCN2CCc2cc4c(cc2C3C1OC(=O)C(O)(CCCC(C)(C)O)CC(=O)OCC1CC1)OCO4. The molecule has 3 unspecified atom stereocenters. The van der Waals surface area contributed by atoms with Gasteiger partial charge in [-0.3, -0.25) is 9.69 Å². The number of ether oxygens (including phenoxy) is 5. The Kier molecular flexibility index (Phi) is 7.68. The van der Waals surface area contributed by atoms with Crippen molar-refractivity contribution >= 4 is 11.9 Å². The number of carbonyl (C=O) groups is 2. The Hall–Kier alpha value is -2.82. The first-order valence-corrected chi connectivity index (χ1v) is 15.3. The second kappa shape index (κ2) is 11.0. The van der Waals surface area contributed by atoms with Crippen molar-refractivity contribution in [3.63, 3.8) is 0 Å². The lowest BCUT2D eigenvalue weighted by Crippen LogP contribution is -2.49. The summed E-state index contributed by atoms with van der Waals surface area (Å²) >= 11 is 0. The predicted molar refractivity (Wildman–Crippen MR) is 151 cm³/mol. The molecule has 230 valence electrons. The molecule has 1 spiro atoms. The number of rotatable bonds is 11. The fourth-order valence-electron chi connectivity index (χ4n) is 7.18. The van der Waals surface area contributed by atoms with Gasteiger partial charge < -0.3 is 33.9 Å². The molecular weight excluding hydrogens is 542 g/mol. The van der Waals surface area contributed by atoms with Gasteiger partial charge in [0.2, 0.25) is 6.79 Å². The van der Waals surface area contributed by atoms with Crippen LogP contribution in [0.15, 0.2) is 24.0 Å². The van der Waals surface area contributed by atoms with Crippen molar-refractivity contribution in [3.8, 4) is 11.5 Å². The highest BCUT2D eigenvalue weighted by molar-refractivity contribution is 5.86. The zero-order valence-electron chi connectivity index (χ0n) is 24.9. The van der Waals surface area contributed by atoms with Crippen molar-refractivity contribution in [2.75, 3.05) is 33.6 Å². The van der Waals surface area contributed by atoms with Gasteiger partial charge in [0.25, 0.3) is 0 Å². The Morgan fingerprint density at radius 2 is 1.88 bits per heavy atom. The van der Waals surface area contributed by atoms with E-state index in [4.69, 9.17) is 23.7 Å². The van der Waals surface area contributed by atoms with Crippen LogP contribution in [0.25, 0.3) is 0 Å². The molecule has 1 saturated heterocycles. The summed E-state index contributed by atoms with van der Waals surface area (Å²) in [6, 6.07) is 4.03. The first-order chi connectivity index (χ1) is 20.0. The van der Waals surface area contributed by atoms with Gasteiger partial charge in [0, 0.05) is 6.54 Å². The highest BCUT2D eigenvalue weighted by atomic mass is 16.7. The molecular formula is C32H43NO9. The molecule has 0 aromatic heterocycles. The topological polar surface area (TPSA) is 124 Å². The largest absolute Gasteiger partial charge is 0.497 e. The van der Waals surface area contributed by atoms with Crippen molar-refractivity contribution in [2.45, 2.75) is 100 Å². The van der Waals surface area contributed by atoms with Crippen molar-refractivity contribution in [1.82, 2.24) is 4.90 Å². The third kappa shape index (κ3) is 5.61. The van der Waals surface area contributed by atoms with E-state index in [0.29, 0.717) is 42.6 Å². The normalized spacial score (nSPS) is 27.7. The zero-order valence-corrected chi connectivity index (χ0v) is 24.9. The first-order valence-electron chi connectivity index (χ1n) is 15.3. The molecule has 0 radical (unpaired) electrons. The second-order valence-electron chi connectivity index (χ2n) is 13.3. The van der Waals surface area contributed by atoms with Crippen LogP contribution in [0.5, 0.6) is 11.5 Å². The number of hydrogen-bond donors (Lipinski definition) is 2. The van der Waals surface area contributed by atoms with Gasteiger partial charge in [-0.1, -0.05) is 0 Å². The predicted octanol–water partition coefficient (Wildman–Crippen LogP) is 3.36. The summed E-state index contributed by atoms with van der Waals surface area (Å²) in [4.78, 5) is 29.2. The number of carbonyl (C=O) groups excluding carboxylic acids is 2. The summed E-state index contributed by atoms with van der Waals surface area (Å²) in [6.07, 6.45) is 6.09. The van der Waals surface area contributed by atoms with Gasteiger partial charge in [-0.25, -0.2) is 4.79 Å². The van der Waals surface area contributed by atoms with E-state index in [0.717, 1.165) is 56.3 Å². The van der Waals surface area contributed by atoms with Crippen LogP contribution in [0.2, 0.25) is 0 Å². The molecule has 10 heteroatoms. The number of methoxy groups -OCH3 is 1. The van der Waals surface area contributed by atoms with Crippen LogP contribution < -0.4 is 9.47 Å². The van der Waals surface area contributed by atoms with Gasteiger partial charge >= 0.3 is 11.9 Å². The standard InChI is InChI=1S/C32H43NO9/c1-30(2,36)9-4-11-32(37,17-26(34)39-18-20-6-7-20)29(35)42-28-25(38-3)16-31-10-5-12-33(31)13-8-21-14-23-24(41-19-40-23)15-22(21)27(28)31/h14-16,20,27-28,36-37H,4-13,17-19H2,1-3H3/t27?,28?,31-,32?/m1/s1. The van der Waals surface area contributed by atoms with E-state index in [1.807, 2.05) is 12.1 Å². The van der Waals surface area contributed by atoms with Crippen LogP contribution in [0.1, 0.15) is 82.3 Å². The molecule has 3 aliphatic heterocycles. The number of hydrogen-bond acceptors (Lipinski definition) is 10. The maximum Gasteiger partial charge on any atom is 0.339 e. The lowest BCUT2D eigenvalue weighted by atomic mass is 9.77. The van der Waals surface area contributed by atoms with E-state index in [1.165, 1.54) is 0 Å². The highest BCUT2D eigenvalue weighted by Gasteiger charge is 2.59. The molecule has 2 N–H and O–H groups in total. The van der Waals surface area contributed by atoms with Crippen LogP contribution in [-0.2, 0) is 30.2 Å². The summed E-state index contributed by atoms with van der Waals surface area (Å²) < 4.78 is 28.9. The van der Waals surface area contributed by atoms with Crippen LogP contribution in [-0.4, -0.2) is 83.5 Å². The van der Waals surface area contributed by atoms with E-state index < -0.39 is 41.2 Å². The Bertz CT molecular complexity index is 1250. The van der Waals surface area contributed by atoms with Crippen molar-refractivity contribution in [1.29, 1.82) is 0 Å². The molecule has 1 saturated carbocycles. The van der Waals surface area contributed by atoms with Crippen LogP contribution in [0, 0.1) is 5.92 Å². The van der Waals surface area contributed by atoms with E-state index in [-0.39, 0.29) is 19.1 Å². The minimum Gasteiger partial charge on any atom is -0.497 e. The van der Waals surface area contributed by atoms with Crippen molar-refractivity contribution in [2.24, 2.45) is 5.92 Å². The molecule has 10 nitrogen and oxygen atoms in total. The number of benzene rings is 1. The molecule has 42 heavy (non-hydrogen) atoms. The van der Waals surface area contributed by atoms with E-state index >= 15 is 0 Å². The van der Waals surface area contributed by atoms with E-state index in [1.54, 1.807) is 21.0 Å². The lowest BCUT2D eigenvalue weighted by Gasteiger charge is -2.39. The summed E-state index contributed by atoms with van der Waals surface area (Å²) in [7, 11) is 1.57. The fourth-order valence-corrected chi connectivity index (χ4v) is 7.18. The smallest absolute Gasteiger partial charge is 0.339 e. The average molecular weight is 586 g/mol. The van der Waals surface area contributed by atoms with Gasteiger partial charge in [-0.05, 0) is 107 Å². The summed E-state index contributed by atoms with van der Waals surface area (Å²) in [5.41, 5.74) is -1.40.